The van der Waals surface area contributed by atoms with Gasteiger partial charge in [-0.1, -0.05) is 33.6 Å². The highest BCUT2D eigenvalue weighted by Gasteiger charge is 2.04. The van der Waals surface area contributed by atoms with Crippen LogP contribution in [0.2, 0.25) is 0 Å². The highest BCUT2D eigenvalue weighted by molar-refractivity contribution is 5.74. The van der Waals surface area contributed by atoms with E-state index in [2.05, 4.69) is 26.1 Å². The summed E-state index contributed by atoms with van der Waals surface area (Å²) < 4.78 is 0. The summed E-state index contributed by atoms with van der Waals surface area (Å²) in [5, 5.41) is 12.5. The van der Waals surface area contributed by atoms with Gasteiger partial charge in [-0.15, -0.1) is 0 Å². The van der Waals surface area contributed by atoms with Gasteiger partial charge in [0, 0.05) is 17.8 Å². The Labute approximate surface area is 111 Å². The van der Waals surface area contributed by atoms with E-state index in [9.17, 15) is 4.79 Å². The number of aliphatic hydroxyl groups is 1. The molecule has 0 aromatic carbocycles. The molecule has 0 atom stereocenters. The van der Waals surface area contributed by atoms with Crippen LogP contribution in [0.4, 0.5) is 0 Å². The number of aldehydes is 1. The SMILES string of the molecule is CCCCN/C(CC)=C(\C=C(\C=O)CO)CCC. The van der Waals surface area contributed by atoms with Crippen LogP contribution in [0.15, 0.2) is 22.9 Å². The van der Waals surface area contributed by atoms with Crippen LogP contribution in [0.3, 0.4) is 0 Å². The number of allylic oxidation sites excluding steroid dienone is 3. The van der Waals surface area contributed by atoms with Crippen LogP contribution in [0, 0.1) is 0 Å². The van der Waals surface area contributed by atoms with Crippen molar-refractivity contribution < 1.29 is 9.90 Å². The van der Waals surface area contributed by atoms with Crippen LogP contribution in [-0.2, 0) is 4.79 Å². The van der Waals surface area contributed by atoms with Crippen molar-refractivity contribution in [3.8, 4) is 0 Å². The molecule has 2 N–H and O–H groups in total. The molecule has 0 radical (unpaired) electrons. The van der Waals surface area contributed by atoms with E-state index in [1.54, 1.807) is 0 Å². The summed E-state index contributed by atoms with van der Waals surface area (Å²) >= 11 is 0. The summed E-state index contributed by atoms with van der Waals surface area (Å²) in [5.74, 6) is 0. The largest absolute Gasteiger partial charge is 0.392 e. The number of hydrogen-bond acceptors (Lipinski definition) is 3. The number of carbonyl (C=O) groups is 1. The molecule has 0 spiro atoms. The summed E-state index contributed by atoms with van der Waals surface area (Å²) in [5.41, 5.74) is 2.78. The van der Waals surface area contributed by atoms with E-state index in [4.69, 9.17) is 5.11 Å². The molecule has 104 valence electrons. The Kier molecular flexibility index (Phi) is 10.4. The maximum Gasteiger partial charge on any atom is 0.148 e. The summed E-state index contributed by atoms with van der Waals surface area (Å²) in [6.07, 6.45) is 7.75. The second-order valence-electron chi connectivity index (χ2n) is 4.38. The molecule has 0 fully saturated rings. The molecule has 0 saturated carbocycles. The van der Waals surface area contributed by atoms with E-state index >= 15 is 0 Å². The van der Waals surface area contributed by atoms with Gasteiger partial charge in [0.2, 0.25) is 0 Å². The third-order valence-corrected chi connectivity index (χ3v) is 2.82. The number of unbranched alkanes of at least 4 members (excludes halogenated alkanes) is 1. The molecule has 0 saturated heterocycles. The predicted octanol–water partition coefficient (Wildman–Crippen LogP) is 2.96. The van der Waals surface area contributed by atoms with Crippen molar-refractivity contribution in [3.63, 3.8) is 0 Å². The Balaban J connectivity index is 4.96. The lowest BCUT2D eigenvalue weighted by molar-refractivity contribution is -0.105. The van der Waals surface area contributed by atoms with Gasteiger partial charge in [0.15, 0.2) is 0 Å². The van der Waals surface area contributed by atoms with Gasteiger partial charge >= 0.3 is 0 Å². The molecule has 0 heterocycles. The minimum absolute atomic E-state index is 0.192. The quantitative estimate of drug-likeness (QED) is 0.272. The van der Waals surface area contributed by atoms with E-state index < -0.39 is 0 Å². The molecule has 18 heavy (non-hydrogen) atoms. The number of carbonyl (C=O) groups excluding carboxylic acids is 1. The zero-order valence-electron chi connectivity index (χ0n) is 12.0. The van der Waals surface area contributed by atoms with E-state index in [1.165, 1.54) is 12.1 Å². The molecule has 3 nitrogen and oxygen atoms in total. The third kappa shape index (κ3) is 6.60. The summed E-state index contributed by atoms with van der Waals surface area (Å²) in [6.45, 7) is 7.17. The lowest BCUT2D eigenvalue weighted by Crippen LogP contribution is -2.16. The monoisotopic (exact) mass is 253 g/mol. The molecule has 0 rings (SSSR count). The smallest absolute Gasteiger partial charge is 0.148 e. The van der Waals surface area contributed by atoms with Gasteiger partial charge in [-0.25, -0.2) is 0 Å². The van der Waals surface area contributed by atoms with Crippen molar-refractivity contribution in [1.82, 2.24) is 5.32 Å². The average molecular weight is 253 g/mol. The first kappa shape index (κ1) is 16.9. The first-order valence-electron chi connectivity index (χ1n) is 6.95. The van der Waals surface area contributed by atoms with Crippen molar-refractivity contribution in [3.05, 3.63) is 22.9 Å². The molecule has 3 heteroatoms. The first-order chi connectivity index (χ1) is 8.73. The third-order valence-electron chi connectivity index (χ3n) is 2.82. The molecule has 0 aromatic heterocycles. The van der Waals surface area contributed by atoms with E-state index in [-0.39, 0.29) is 6.61 Å². The van der Waals surface area contributed by atoms with Gasteiger partial charge in [-0.05, 0) is 30.9 Å². The second-order valence-corrected chi connectivity index (χ2v) is 4.38. The topological polar surface area (TPSA) is 49.3 Å². The molecule has 0 amide bonds. The molecule has 0 aliphatic rings. The first-order valence-corrected chi connectivity index (χ1v) is 6.95. The highest BCUT2D eigenvalue weighted by Crippen LogP contribution is 2.15. The van der Waals surface area contributed by atoms with E-state index in [1.807, 2.05) is 6.08 Å². The summed E-state index contributed by atoms with van der Waals surface area (Å²) in [6, 6.07) is 0. The normalized spacial score (nSPS) is 13.2. The van der Waals surface area contributed by atoms with Crippen LogP contribution in [0.25, 0.3) is 0 Å². The van der Waals surface area contributed by atoms with Crippen LogP contribution >= 0.6 is 0 Å². The fourth-order valence-electron chi connectivity index (χ4n) is 1.80. The summed E-state index contributed by atoms with van der Waals surface area (Å²) in [7, 11) is 0. The Hall–Kier alpha value is -1.09. The molecule has 0 aliphatic carbocycles. The Morgan fingerprint density at radius 3 is 2.39 bits per heavy atom. The molecule has 0 unspecified atom stereocenters. The Bertz CT molecular complexity index is 293. The van der Waals surface area contributed by atoms with Crippen LogP contribution in [0.5, 0.6) is 0 Å². The van der Waals surface area contributed by atoms with Gasteiger partial charge < -0.3 is 10.4 Å². The lowest BCUT2D eigenvalue weighted by atomic mass is 10.0. The molecular formula is C15H27NO2. The number of hydrogen-bond donors (Lipinski definition) is 2. The zero-order chi connectivity index (χ0) is 13.8. The minimum Gasteiger partial charge on any atom is -0.392 e. The van der Waals surface area contributed by atoms with Gasteiger partial charge in [-0.3, -0.25) is 4.79 Å². The van der Waals surface area contributed by atoms with Crippen molar-refractivity contribution in [2.45, 2.75) is 52.9 Å². The van der Waals surface area contributed by atoms with Crippen molar-refractivity contribution >= 4 is 6.29 Å². The fraction of sp³-hybridized carbons (Fsp3) is 0.667. The summed E-state index contributed by atoms with van der Waals surface area (Å²) in [4.78, 5) is 10.8. The molecular weight excluding hydrogens is 226 g/mol. The number of aliphatic hydroxyl groups excluding tert-OH is 1. The number of nitrogens with one attached hydrogen (secondary N) is 1. The van der Waals surface area contributed by atoms with Crippen molar-refractivity contribution in [2.75, 3.05) is 13.2 Å². The van der Waals surface area contributed by atoms with Crippen molar-refractivity contribution in [1.29, 1.82) is 0 Å². The maximum atomic E-state index is 10.8. The van der Waals surface area contributed by atoms with Gasteiger partial charge in [0.25, 0.3) is 0 Å². The number of rotatable bonds is 10. The van der Waals surface area contributed by atoms with Gasteiger partial charge in [0.05, 0.1) is 6.61 Å². The Morgan fingerprint density at radius 1 is 1.22 bits per heavy atom. The van der Waals surface area contributed by atoms with Crippen LogP contribution < -0.4 is 5.32 Å². The predicted molar refractivity (Wildman–Crippen MR) is 76.4 cm³/mol. The highest BCUT2D eigenvalue weighted by atomic mass is 16.3. The standard InChI is InChI=1S/C15H27NO2/c1-4-7-9-16-15(6-3)14(8-5-2)10-13(11-17)12-18/h10-11,16,18H,4-9,12H2,1-3H3/b13-10-,15-14-. The van der Waals surface area contributed by atoms with Crippen LogP contribution in [-0.4, -0.2) is 24.5 Å². The van der Waals surface area contributed by atoms with Gasteiger partial charge in [-0.2, -0.15) is 0 Å². The Morgan fingerprint density at radius 2 is 1.94 bits per heavy atom. The van der Waals surface area contributed by atoms with E-state index in [0.29, 0.717) is 5.57 Å². The molecule has 0 bridgehead atoms. The van der Waals surface area contributed by atoms with E-state index in [0.717, 1.165) is 44.1 Å². The second kappa shape index (κ2) is 11.0. The molecule has 0 aliphatic heterocycles. The fourth-order valence-corrected chi connectivity index (χ4v) is 1.80. The molecule has 0 aromatic rings. The lowest BCUT2D eigenvalue weighted by Gasteiger charge is -2.14. The zero-order valence-corrected chi connectivity index (χ0v) is 12.0. The maximum absolute atomic E-state index is 10.8. The van der Waals surface area contributed by atoms with Gasteiger partial charge in [0.1, 0.15) is 6.29 Å². The average Bonchev–Trinajstić information content (AvgIpc) is 2.40. The van der Waals surface area contributed by atoms with Crippen LogP contribution in [0.1, 0.15) is 52.9 Å². The van der Waals surface area contributed by atoms with Crippen molar-refractivity contribution in [2.24, 2.45) is 0 Å². The minimum atomic E-state index is -0.192.